The Morgan fingerprint density at radius 3 is 2.80 bits per heavy atom. The van der Waals surface area contributed by atoms with Crippen LogP contribution >= 0.6 is 11.6 Å². The molecule has 11 heteroatoms. The molecule has 1 atom stereocenters. The number of urea groups is 1. The summed E-state index contributed by atoms with van der Waals surface area (Å²) in [5.74, 6) is -2.67. The number of carboxylic acid groups (broad SMARTS) is 1. The normalized spacial score (nSPS) is 19.1. The summed E-state index contributed by atoms with van der Waals surface area (Å²) in [6.07, 6.45) is 0.361. The van der Waals surface area contributed by atoms with E-state index in [0.29, 0.717) is 36.5 Å². The molecule has 158 valence electrons. The van der Waals surface area contributed by atoms with Crippen LogP contribution in [-0.4, -0.2) is 62.7 Å². The Bertz CT molecular complexity index is 1060. The molecule has 3 amide bonds. The Morgan fingerprint density at radius 1 is 1.33 bits per heavy atom. The number of halogens is 2. The van der Waals surface area contributed by atoms with Crippen LogP contribution in [0.2, 0.25) is 5.02 Å². The summed E-state index contributed by atoms with van der Waals surface area (Å²) in [5.41, 5.74) is 1.76. The van der Waals surface area contributed by atoms with Gasteiger partial charge in [0.05, 0.1) is 34.4 Å². The first-order valence-electron chi connectivity index (χ1n) is 9.32. The zero-order valence-corrected chi connectivity index (χ0v) is 16.8. The van der Waals surface area contributed by atoms with Gasteiger partial charge in [-0.2, -0.15) is 5.10 Å². The summed E-state index contributed by atoms with van der Waals surface area (Å²) >= 11 is 5.74. The van der Waals surface area contributed by atoms with Crippen LogP contribution in [0.4, 0.5) is 14.9 Å². The molecule has 2 N–H and O–H groups in total. The molecule has 0 aliphatic carbocycles. The number of amides is 3. The Morgan fingerprint density at radius 2 is 2.10 bits per heavy atom. The molecule has 0 bridgehead atoms. The van der Waals surface area contributed by atoms with E-state index in [1.807, 2.05) is 4.90 Å². The number of carbonyl (C=O) groups excluding carboxylic acids is 2. The van der Waals surface area contributed by atoms with Crippen LogP contribution in [0.25, 0.3) is 0 Å². The first-order chi connectivity index (χ1) is 14.2. The third kappa shape index (κ3) is 3.63. The van der Waals surface area contributed by atoms with Crippen molar-refractivity contribution in [3.8, 4) is 0 Å². The fourth-order valence-corrected chi connectivity index (χ4v) is 4.00. The summed E-state index contributed by atoms with van der Waals surface area (Å²) in [7, 11) is 1.78. The van der Waals surface area contributed by atoms with Crippen LogP contribution in [0.5, 0.6) is 0 Å². The molecular formula is C19H19ClFN5O4. The molecular weight excluding hydrogens is 417 g/mol. The molecule has 0 saturated carbocycles. The molecule has 2 aliphatic rings. The van der Waals surface area contributed by atoms with Gasteiger partial charge in [-0.3, -0.25) is 24.1 Å². The number of hydrogen-bond acceptors (Lipinski definition) is 5. The third-order valence-corrected chi connectivity index (χ3v) is 5.56. The second-order valence-electron chi connectivity index (χ2n) is 7.45. The zero-order valence-electron chi connectivity index (χ0n) is 16.1. The van der Waals surface area contributed by atoms with E-state index in [2.05, 4.69) is 10.4 Å². The molecule has 4 rings (SSSR count). The number of aliphatic carboxylic acids is 1. The number of carbonyl (C=O) groups is 3. The molecule has 2 aromatic rings. The van der Waals surface area contributed by atoms with E-state index in [0.717, 1.165) is 11.0 Å². The number of imide groups is 1. The van der Waals surface area contributed by atoms with Gasteiger partial charge in [-0.15, -0.1) is 0 Å². The number of nitrogens with zero attached hydrogens (tertiary/aromatic N) is 4. The Kier molecular flexibility index (Phi) is 5.20. The van der Waals surface area contributed by atoms with Gasteiger partial charge in [-0.1, -0.05) is 11.6 Å². The van der Waals surface area contributed by atoms with Gasteiger partial charge in [-0.25, -0.2) is 9.18 Å². The van der Waals surface area contributed by atoms with E-state index in [9.17, 15) is 23.9 Å². The minimum Gasteiger partial charge on any atom is -0.481 e. The Labute approximate surface area is 176 Å². The van der Waals surface area contributed by atoms with Gasteiger partial charge in [0.25, 0.3) is 5.91 Å². The molecule has 2 aliphatic heterocycles. The van der Waals surface area contributed by atoms with Crippen molar-refractivity contribution in [2.75, 3.05) is 25.5 Å². The van der Waals surface area contributed by atoms with E-state index in [1.165, 1.54) is 12.1 Å². The second-order valence-corrected chi connectivity index (χ2v) is 7.86. The highest BCUT2D eigenvalue weighted by Crippen LogP contribution is 2.27. The average Bonchev–Trinajstić information content (AvgIpc) is 2.93. The lowest BCUT2D eigenvalue weighted by Gasteiger charge is -2.25. The maximum absolute atomic E-state index is 13.3. The lowest BCUT2D eigenvalue weighted by molar-refractivity contribution is -0.142. The highest BCUT2D eigenvalue weighted by Gasteiger charge is 2.37. The van der Waals surface area contributed by atoms with E-state index in [-0.39, 0.29) is 23.8 Å². The van der Waals surface area contributed by atoms with Crippen molar-refractivity contribution in [1.82, 2.24) is 19.6 Å². The molecule has 0 spiro atoms. The molecule has 1 aromatic heterocycles. The van der Waals surface area contributed by atoms with Crippen LogP contribution in [0.1, 0.15) is 21.7 Å². The molecule has 0 radical (unpaired) electrons. The van der Waals surface area contributed by atoms with Crippen LogP contribution in [0.3, 0.4) is 0 Å². The van der Waals surface area contributed by atoms with E-state index < -0.39 is 29.6 Å². The number of anilines is 1. The predicted octanol–water partition coefficient (Wildman–Crippen LogP) is 2.05. The van der Waals surface area contributed by atoms with Crippen molar-refractivity contribution in [3.05, 3.63) is 46.0 Å². The predicted molar refractivity (Wildman–Crippen MR) is 105 cm³/mol. The van der Waals surface area contributed by atoms with Gasteiger partial charge in [0.15, 0.2) is 0 Å². The number of hydrogen-bond donors (Lipinski definition) is 2. The van der Waals surface area contributed by atoms with E-state index in [1.54, 1.807) is 11.7 Å². The highest BCUT2D eigenvalue weighted by atomic mass is 35.5. The molecule has 0 saturated heterocycles. The number of fused-ring (bicyclic) bond motifs is 3. The minimum absolute atomic E-state index is 0.126. The maximum Gasteiger partial charge on any atom is 0.328 e. The summed E-state index contributed by atoms with van der Waals surface area (Å²) < 4.78 is 14.9. The van der Waals surface area contributed by atoms with E-state index >= 15 is 0 Å². The van der Waals surface area contributed by atoms with Gasteiger partial charge in [0, 0.05) is 31.7 Å². The number of aromatic nitrogens is 2. The van der Waals surface area contributed by atoms with Crippen LogP contribution in [0, 0.1) is 11.7 Å². The van der Waals surface area contributed by atoms with Crippen LogP contribution in [-0.2, 0) is 24.3 Å². The monoisotopic (exact) mass is 435 g/mol. The Hall–Kier alpha value is -2.98. The fourth-order valence-electron chi connectivity index (χ4n) is 3.82. The van der Waals surface area contributed by atoms with Crippen molar-refractivity contribution in [2.45, 2.75) is 19.5 Å². The van der Waals surface area contributed by atoms with Crippen LogP contribution in [0.15, 0.2) is 18.2 Å². The van der Waals surface area contributed by atoms with Crippen molar-refractivity contribution in [3.63, 3.8) is 0 Å². The number of rotatable bonds is 2. The quantitative estimate of drug-likeness (QED) is 0.747. The average molecular weight is 436 g/mol. The van der Waals surface area contributed by atoms with Gasteiger partial charge in [0.2, 0.25) is 0 Å². The van der Waals surface area contributed by atoms with Crippen molar-refractivity contribution < 1.29 is 23.9 Å². The summed E-state index contributed by atoms with van der Waals surface area (Å²) in [6, 6.07) is 3.09. The van der Waals surface area contributed by atoms with Crippen molar-refractivity contribution in [2.24, 2.45) is 5.92 Å². The molecule has 0 fully saturated rings. The third-order valence-electron chi connectivity index (χ3n) is 5.27. The molecule has 9 nitrogen and oxygen atoms in total. The maximum atomic E-state index is 13.3. The van der Waals surface area contributed by atoms with Gasteiger partial charge in [0.1, 0.15) is 5.82 Å². The Balaban J connectivity index is 1.60. The van der Waals surface area contributed by atoms with Crippen molar-refractivity contribution >= 4 is 35.2 Å². The number of nitrogens with one attached hydrogen (secondary N) is 1. The SMILES string of the molecule is CN1Cc2c3c(nn2CC(C(=O)O)C1)CCN(C(=O)Nc1ccc(F)c(Cl)c1)C3=O. The molecule has 1 unspecified atom stereocenters. The lowest BCUT2D eigenvalue weighted by Crippen LogP contribution is -2.44. The zero-order chi connectivity index (χ0) is 21.6. The number of benzene rings is 1. The second kappa shape index (κ2) is 7.69. The summed E-state index contributed by atoms with van der Waals surface area (Å²) in [5, 5.41) is 16.3. The molecule has 1 aromatic carbocycles. The smallest absolute Gasteiger partial charge is 0.328 e. The standard InChI is InChI=1S/C19H19ClFN5O4/c1-24-7-10(18(28)29)8-26-15(9-24)16-14(23-26)4-5-25(17(16)27)19(30)22-11-2-3-13(21)12(20)6-11/h2-3,6,10H,4-5,7-9H2,1H3,(H,22,30)(H,28,29). The first kappa shape index (κ1) is 20.3. The van der Waals surface area contributed by atoms with Gasteiger partial charge >= 0.3 is 12.0 Å². The van der Waals surface area contributed by atoms with Gasteiger partial charge in [-0.05, 0) is 25.2 Å². The minimum atomic E-state index is -0.923. The summed E-state index contributed by atoms with van der Waals surface area (Å²) in [6.45, 7) is 0.967. The largest absolute Gasteiger partial charge is 0.481 e. The number of carboxylic acids is 1. The van der Waals surface area contributed by atoms with E-state index in [4.69, 9.17) is 11.6 Å². The summed E-state index contributed by atoms with van der Waals surface area (Å²) in [4.78, 5) is 40.2. The fraction of sp³-hybridized carbons (Fsp3) is 0.368. The van der Waals surface area contributed by atoms with Gasteiger partial charge < -0.3 is 10.4 Å². The molecule has 3 heterocycles. The van der Waals surface area contributed by atoms with Crippen LogP contribution < -0.4 is 5.32 Å². The highest BCUT2D eigenvalue weighted by molar-refractivity contribution is 6.31. The first-order valence-corrected chi connectivity index (χ1v) is 9.70. The topological polar surface area (TPSA) is 108 Å². The molecule has 30 heavy (non-hydrogen) atoms. The lowest BCUT2D eigenvalue weighted by atomic mass is 10.0. The van der Waals surface area contributed by atoms with Crippen molar-refractivity contribution in [1.29, 1.82) is 0 Å².